The first-order valence-electron chi connectivity index (χ1n) is 9.42. The van der Waals surface area contributed by atoms with Crippen LogP contribution in [0.3, 0.4) is 0 Å². The number of benzene rings is 2. The number of aromatic nitrogens is 3. The van der Waals surface area contributed by atoms with Crippen molar-refractivity contribution >= 4 is 16.8 Å². The Morgan fingerprint density at radius 1 is 1.10 bits per heavy atom. The third kappa shape index (κ3) is 3.96. The highest BCUT2D eigenvalue weighted by Gasteiger charge is 2.20. The number of amides is 1. The molecule has 1 amide bonds. The standard InChI is InChI=1S/C23H22N4O2/c1-15-11-25-22(14-24-15)23(28)27-12-19(16-7-9-17(29-2)10-8-16)20-13-26-21-6-4-3-5-18(20)21/h3-11,13-14,19,26H,12H2,1-2H3,(H,27,28). The van der Waals surface area contributed by atoms with Crippen molar-refractivity contribution in [1.29, 1.82) is 0 Å². The lowest BCUT2D eigenvalue weighted by molar-refractivity contribution is 0.0947. The number of rotatable bonds is 6. The highest BCUT2D eigenvalue weighted by atomic mass is 16.5. The van der Waals surface area contributed by atoms with Crippen LogP contribution in [0.5, 0.6) is 5.75 Å². The zero-order valence-electron chi connectivity index (χ0n) is 16.3. The molecule has 6 nitrogen and oxygen atoms in total. The van der Waals surface area contributed by atoms with Crippen molar-refractivity contribution in [3.8, 4) is 5.75 Å². The molecule has 2 aromatic heterocycles. The van der Waals surface area contributed by atoms with E-state index in [2.05, 4.69) is 26.3 Å². The van der Waals surface area contributed by atoms with Gasteiger partial charge >= 0.3 is 0 Å². The van der Waals surface area contributed by atoms with Crippen molar-refractivity contribution in [2.75, 3.05) is 13.7 Å². The first-order chi connectivity index (χ1) is 14.2. The van der Waals surface area contributed by atoms with Crippen LogP contribution in [0.4, 0.5) is 0 Å². The maximum atomic E-state index is 12.6. The second-order valence-corrected chi connectivity index (χ2v) is 6.87. The quantitative estimate of drug-likeness (QED) is 0.528. The SMILES string of the molecule is COc1ccc(C(CNC(=O)c2cnc(C)cn2)c2c[nH]c3ccccc23)cc1. The average Bonchev–Trinajstić information content (AvgIpc) is 3.19. The van der Waals surface area contributed by atoms with Gasteiger partial charge in [0.25, 0.3) is 5.91 Å². The number of nitrogens with one attached hydrogen (secondary N) is 2. The Hall–Kier alpha value is -3.67. The Bertz CT molecular complexity index is 1120. The molecule has 146 valence electrons. The van der Waals surface area contributed by atoms with Gasteiger partial charge in [0.15, 0.2) is 0 Å². The number of aryl methyl sites for hydroxylation is 1. The van der Waals surface area contributed by atoms with Gasteiger partial charge in [0.2, 0.25) is 0 Å². The van der Waals surface area contributed by atoms with Crippen molar-refractivity contribution < 1.29 is 9.53 Å². The van der Waals surface area contributed by atoms with E-state index in [1.54, 1.807) is 13.3 Å². The molecule has 4 rings (SSSR count). The number of nitrogens with zero attached hydrogens (tertiary/aromatic N) is 2. The minimum Gasteiger partial charge on any atom is -0.497 e. The van der Waals surface area contributed by atoms with Crippen molar-refractivity contribution in [2.45, 2.75) is 12.8 Å². The third-order valence-electron chi connectivity index (χ3n) is 5.00. The van der Waals surface area contributed by atoms with Crippen LogP contribution in [-0.2, 0) is 0 Å². The number of aromatic amines is 1. The van der Waals surface area contributed by atoms with E-state index in [0.29, 0.717) is 12.2 Å². The summed E-state index contributed by atoms with van der Waals surface area (Å²) in [5, 5.41) is 4.15. The molecular formula is C23H22N4O2. The molecule has 0 fully saturated rings. The molecule has 2 heterocycles. The summed E-state index contributed by atoms with van der Waals surface area (Å²) in [7, 11) is 1.65. The van der Waals surface area contributed by atoms with Gasteiger partial charge < -0.3 is 15.0 Å². The lowest BCUT2D eigenvalue weighted by Crippen LogP contribution is -2.29. The summed E-state index contributed by atoms with van der Waals surface area (Å²) in [6.07, 6.45) is 5.10. The number of H-pyrrole nitrogens is 1. The van der Waals surface area contributed by atoms with E-state index in [-0.39, 0.29) is 11.8 Å². The number of fused-ring (bicyclic) bond motifs is 1. The largest absolute Gasteiger partial charge is 0.497 e. The molecule has 0 aliphatic rings. The van der Waals surface area contributed by atoms with E-state index in [1.807, 2.05) is 55.6 Å². The minimum atomic E-state index is -0.240. The number of carbonyl (C=O) groups excluding carboxylic acids is 1. The molecular weight excluding hydrogens is 364 g/mol. The molecule has 2 N–H and O–H groups in total. The van der Waals surface area contributed by atoms with Crippen LogP contribution in [-0.4, -0.2) is 34.5 Å². The molecule has 1 unspecified atom stereocenters. The minimum absolute atomic E-state index is 0.0283. The fourth-order valence-corrected chi connectivity index (χ4v) is 3.42. The fraction of sp³-hybridized carbons (Fsp3) is 0.174. The average molecular weight is 386 g/mol. The van der Waals surface area contributed by atoms with Gasteiger partial charge in [-0.1, -0.05) is 30.3 Å². The highest BCUT2D eigenvalue weighted by Crippen LogP contribution is 2.31. The molecule has 0 saturated heterocycles. The number of ether oxygens (including phenoxy) is 1. The van der Waals surface area contributed by atoms with Gasteiger partial charge in [-0.2, -0.15) is 0 Å². The van der Waals surface area contributed by atoms with Gasteiger partial charge in [0, 0.05) is 35.8 Å². The lowest BCUT2D eigenvalue weighted by Gasteiger charge is -2.18. The first kappa shape index (κ1) is 18.7. The summed E-state index contributed by atoms with van der Waals surface area (Å²) in [5.41, 5.74) is 4.36. The van der Waals surface area contributed by atoms with Crippen LogP contribution in [0.15, 0.2) is 67.1 Å². The van der Waals surface area contributed by atoms with E-state index >= 15 is 0 Å². The molecule has 0 bridgehead atoms. The molecule has 29 heavy (non-hydrogen) atoms. The summed E-state index contributed by atoms with van der Waals surface area (Å²) in [6, 6.07) is 16.1. The van der Waals surface area contributed by atoms with E-state index < -0.39 is 0 Å². The van der Waals surface area contributed by atoms with Gasteiger partial charge in [-0.05, 0) is 36.2 Å². The van der Waals surface area contributed by atoms with Gasteiger partial charge in [0.05, 0.1) is 19.0 Å². The second kappa shape index (κ2) is 8.14. The topological polar surface area (TPSA) is 79.9 Å². The molecule has 0 aliphatic carbocycles. The van der Waals surface area contributed by atoms with Crippen LogP contribution >= 0.6 is 0 Å². The van der Waals surface area contributed by atoms with E-state index in [0.717, 1.165) is 33.5 Å². The molecule has 2 aromatic carbocycles. The second-order valence-electron chi connectivity index (χ2n) is 6.87. The first-order valence-corrected chi connectivity index (χ1v) is 9.42. The normalized spacial score (nSPS) is 11.9. The predicted molar refractivity (Wildman–Crippen MR) is 112 cm³/mol. The van der Waals surface area contributed by atoms with Gasteiger partial charge in [-0.15, -0.1) is 0 Å². The van der Waals surface area contributed by atoms with Crippen LogP contribution in [0.1, 0.15) is 33.2 Å². The van der Waals surface area contributed by atoms with Crippen molar-refractivity contribution in [3.63, 3.8) is 0 Å². The summed E-state index contributed by atoms with van der Waals surface area (Å²) < 4.78 is 5.28. The molecule has 6 heteroatoms. The van der Waals surface area contributed by atoms with E-state index in [9.17, 15) is 4.79 Å². The van der Waals surface area contributed by atoms with E-state index in [4.69, 9.17) is 4.74 Å². The summed E-state index contributed by atoms with van der Waals surface area (Å²) in [4.78, 5) is 24.2. The molecule has 0 radical (unpaired) electrons. The molecule has 0 aliphatic heterocycles. The Kier molecular flexibility index (Phi) is 5.24. The third-order valence-corrected chi connectivity index (χ3v) is 5.00. The van der Waals surface area contributed by atoms with Crippen molar-refractivity contribution in [1.82, 2.24) is 20.3 Å². The smallest absolute Gasteiger partial charge is 0.271 e. The monoisotopic (exact) mass is 386 g/mol. The highest BCUT2D eigenvalue weighted by molar-refractivity contribution is 5.92. The van der Waals surface area contributed by atoms with Crippen LogP contribution in [0, 0.1) is 6.92 Å². The zero-order valence-corrected chi connectivity index (χ0v) is 16.3. The van der Waals surface area contributed by atoms with Gasteiger partial charge in [0.1, 0.15) is 11.4 Å². The number of carbonyl (C=O) groups is 1. The van der Waals surface area contributed by atoms with Crippen LogP contribution in [0.2, 0.25) is 0 Å². The Morgan fingerprint density at radius 3 is 2.62 bits per heavy atom. The van der Waals surface area contributed by atoms with Crippen LogP contribution in [0.25, 0.3) is 10.9 Å². The number of hydrogen-bond acceptors (Lipinski definition) is 4. The summed E-state index contributed by atoms with van der Waals surface area (Å²) in [6.45, 7) is 2.27. The van der Waals surface area contributed by atoms with Crippen LogP contribution < -0.4 is 10.1 Å². The molecule has 0 spiro atoms. The molecule has 1 atom stereocenters. The Balaban J connectivity index is 1.64. The fourth-order valence-electron chi connectivity index (χ4n) is 3.42. The summed E-state index contributed by atoms with van der Waals surface area (Å²) >= 11 is 0. The summed E-state index contributed by atoms with van der Waals surface area (Å²) in [5.74, 6) is 0.528. The van der Waals surface area contributed by atoms with Crippen molar-refractivity contribution in [2.24, 2.45) is 0 Å². The van der Waals surface area contributed by atoms with E-state index in [1.165, 1.54) is 6.20 Å². The molecule has 0 saturated carbocycles. The maximum absolute atomic E-state index is 12.6. The maximum Gasteiger partial charge on any atom is 0.271 e. The lowest BCUT2D eigenvalue weighted by atomic mass is 9.90. The number of methoxy groups -OCH3 is 1. The number of hydrogen-bond donors (Lipinski definition) is 2. The predicted octanol–water partition coefficient (Wildman–Crippen LogP) is 3.84. The molecule has 4 aromatic rings. The Morgan fingerprint density at radius 2 is 1.90 bits per heavy atom. The zero-order chi connectivity index (χ0) is 20.2. The van der Waals surface area contributed by atoms with Gasteiger partial charge in [-0.25, -0.2) is 4.98 Å². The van der Waals surface area contributed by atoms with Gasteiger partial charge in [-0.3, -0.25) is 9.78 Å². The van der Waals surface area contributed by atoms with Crippen molar-refractivity contribution in [3.05, 3.63) is 89.6 Å². The number of para-hydroxylation sites is 1. The Labute approximate surface area is 169 Å².